The van der Waals surface area contributed by atoms with E-state index in [4.69, 9.17) is 5.73 Å². The molecule has 1 saturated heterocycles. The summed E-state index contributed by atoms with van der Waals surface area (Å²) in [5.41, 5.74) is 8.58. The maximum Gasteiger partial charge on any atom is 0.123 e. The third-order valence-electron chi connectivity index (χ3n) is 4.75. The fraction of sp³-hybridized carbons (Fsp3) is 0.647. The number of piperidine rings is 1. The van der Waals surface area contributed by atoms with Crippen molar-refractivity contribution in [2.75, 3.05) is 18.0 Å². The molecule has 1 unspecified atom stereocenters. The molecular weight excluding hydrogens is 251 g/mol. The minimum atomic E-state index is -0.167. The van der Waals surface area contributed by atoms with Crippen molar-refractivity contribution >= 4 is 5.69 Å². The Morgan fingerprint density at radius 3 is 2.55 bits per heavy atom. The second-order valence-corrected chi connectivity index (χ2v) is 6.61. The average molecular weight is 278 g/mol. The molecule has 112 valence electrons. The van der Waals surface area contributed by atoms with E-state index in [0.29, 0.717) is 5.41 Å². The van der Waals surface area contributed by atoms with Crippen LogP contribution in [-0.4, -0.2) is 19.1 Å². The van der Waals surface area contributed by atoms with Crippen LogP contribution in [0.1, 0.15) is 45.6 Å². The molecular formula is C17H27FN2. The van der Waals surface area contributed by atoms with E-state index in [9.17, 15) is 4.39 Å². The van der Waals surface area contributed by atoms with E-state index < -0.39 is 0 Å². The number of hydrogen-bond donors (Lipinski definition) is 1. The Labute approximate surface area is 122 Å². The highest BCUT2D eigenvalue weighted by molar-refractivity contribution is 5.54. The summed E-state index contributed by atoms with van der Waals surface area (Å²) in [5.74, 6) is -0.167. The molecule has 2 nitrogen and oxygen atoms in total. The summed E-state index contributed by atoms with van der Waals surface area (Å²) in [4.78, 5) is 2.40. The van der Waals surface area contributed by atoms with E-state index in [0.717, 1.165) is 25.1 Å². The number of anilines is 1. The van der Waals surface area contributed by atoms with Crippen molar-refractivity contribution in [2.24, 2.45) is 11.1 Å². The van der Waals surface area contributed by atoms with Gasteiger partial charge < -0.3 is 10.6 Å². The quantitative estimate of drug-likeness (QED) is 0.909. The zero-order chi connectivity index (χ0) is 14.8. The molecule has 1 aromatic rings. The lowest BCUT2D eigenvalue weighted by Gasteiger charge is -2.40. The van der Waals surface area contributed by atoms with Crippen molar-refractivity contribution in [3.63, 3.8) is 0 Å². The standard InChI is InChI=1S/C17H27FN2/c1-4-17(3)7-9-20(10-8-17)16-6-5-15(18)12-14(16)11-13(2)19/h5-6,12-13H,4,7-11,19H2,1-3H3. The molecule has 0 spiro atoms. The van der Waals surface area contributed by atoms with Gasteiger partial charge in [0.15, 0.2) is 0 Å². The van der Waals surface area contributed by atoms with Crippen molar-refractivity contribution in [3.05, 3.63) is 29.6 Å². The van der Waals surface area contributed by atoms with Gasteiger partial charge in [0.25, 0.3) is 0 Å². The first kappa shape index (κ1) is 15.3. The predicted octanol–water partition coefficient (Wildman–Crippen LogP) is 3.73. The minimum Gasteiger partial charge on any atom is -0.371 e. The van der Waals surface area contributed by atoms with E-state index in [1.165, 1.54) is 24.9 Å². The summed E-state index contributed by atoms with van der Waals surface area (Å²) < 4.78 is 13.5. The first-order chi connectivity index (χ1) is 9.43. The van der Waals surface area contributed by atoms with Crippen molar-refractivity contribution in [3.8, 4) is 0 Å². The van der Waals surface area contributed by atoms with Crippen molar-refractivity contribution < 1.29 is 4.39 Å². The molecule has 1 aliphatic rings. The maximum atomic E-state index is 13.5. The third kappa shape index (κ3) is 3.51. The van der Waals surface area contributed by atoms with Crippen LogP contribution >= 0.6 is 0 Å². The van der Waals surface area contributed by atoms with Crippen LogP contribution in [0.2, 0.25) is 0 Å². The molecule has 0 aliphatic carbocycles. The molecule has 3 heteroatoms. The molecule has 1 aliphatic heterocycles. The van der Waals surface area contributed by atoms with Gasteiger partial charge in [-0.1, -0.05) is 20.3 Å². The van der Waals surface area contributed by atoms with Gasteiger partial charge in [0, 0.05) is 24.8 Å². The van der Waals surface area contributed by atoms with Gasteiger partial charge in [-0.2, -0.15) is 0 Å². The van der Waals surface area contributed by atoms with Gasteiger partial charge in [-0.15, -0.1) is 0 Å². The summed E-state index contributed by atoms with van der Waals surface area (Å²) in [5, 5.41) is 0. The molecule has 0 amide bonds. The molecule has 0 radical (unpaired) electrons. The van der Waals surface area contributed by atoms with Crippen LogP contribution in [0.4, 0.5) is 10.1 Å². The number of halogens is 1. The lowest BCUT2D eigenvalue weighted by molar-refractivity contribution is 0.238. The fourth-order valence-corrected chi connectivity index (χ4v) is 3.01. The van der Waals surface area contributed by atoms with E-state index in [-0.39, 0.29) is 11.9 Å². The second-order valence-electron chi connectivity index (χ2n) is 6.61. The highest BCUT2D eigenvalue weighted by Crippen LogP contribution is 2.36. The van der Waals surface area contributed by atoms with Gasteiger partial charge in [0.2, 0.25) is 0 Å². The zero-order valence-electron chi connectivity index (χ0n) is 13.0. The average Bonchev–Trinajstić information content (AvgIpc) is 2.40. The van der Waals surface area contributed by atoms with Crippen LogP contribution < -0.4 is 10.6 Å². The van der Waals surface area contributed by atoms with E-state index >= 15 is 0 Å². The normalized spacial score (nSPS) is 19.9. The SMILES string of the molecule is CCC1(C)CCN(c2ccc(F)cc2CC(C)N)CC1. The van der Waals surface area contributed by atoms with Gasteiger partial charge in [-0.25, -0.2) is 4.39 Å². The molecule has 0 saturated carbocycles. The molecule has 0 bridgehead atoms. The van der Waals surface area contributed by atoms with Crippen LogP contribution in [0.3, 0.4) is 0 Å². The summed E-state index contributed by atoms with van der Waals surface area (Å²) in [6.45, 7) is 8.73. The summed E-state index contributed by atoms with van der Waals surface area (Å²) in [6, 6.07) is 5.18. The van der Waals surface area contributed by atoms with Crippen molar-refractivity contribution in [1.29, 1.82) is 0 Å². The Bertz CT molecular complexity index is 448. The van der Waals surface area contributed by atoms with Crippen LogP contribution in [0.25, 0.3) is 0 Å². The number of benzene rings is 1. The van der Waals surface area contributed by atoms with Crippen LogP contribution in [-0.2, 0) is 6.42 Å². The van der Waals surface area contributed by atoms with Gasteiger partial charge in [-0.3, -0.25) is 0 Å². The number of nitrogens with zero attached hydrogens (tertiary/aromatic N) is 1. The van der Waals surface area contributed by atoms with E-state index in [1.807, 2.05) is 13.0 Å². The smallest absolute Gasteiger partial charge is 0.123 e. The van der Waals surface area contributed by atoms with Crippen molar-refractivity contribution in [2.45, 2.75) is 52.5 Å². The van der Waals surface area contributed by atoms with Crippen molar-refractivity contribution in [1.82, 2.24) is 0 Å². The number of nitrogens with two attached hydrogens (primary N) is 1. The van der Waals surface area contributed by atoms with Gasteiger partial charge >= 0.3 is 0 Å². The molecule has 0 aromatic heterocycles. The molecule has 1 aromatic carbocycles. The molecule has 1 heterocycles. The molecule has 20 heavy (non-hydrogen) atoms. The topological polar surface area (TPSA) is 29.3 Å². The van der Waals surface area contributed by atoms with Crippen LogP contribution in [0, 0.1) is 11.2 Å². The van der Waals surface area contributed by atoms with Crippen LogP contribution in [0.15, 0.2) is 18.2 Å². The summed E-state index contributed by atoms with van der Waals surface area (Å²) in [6.07, 6.45) is 4.38. The third-order valence-corrected chi connectivity index (χ3v) is 4.75. The van der Waals surface area contributed by atoms with E-state index in [2.05, 4.69) is 18.7 Å². The summed E-state index contributed by atoms with van der Waals surface area (Å²) in [7, 11) is 0. The molecule has 2 rings (SSSR count). The lowest BCUT2D eigenvalue weighted by atomic mass is 9.78. The minimum absolute atomic E-state index is 0.0567. The first-order valence-corrected chi connectivity index (χ1v) is 7.72. The van der Waals surface area contributed by atoms with E-state index in [1.54, 1.807) is 12.1 Å². The van der Waals surface area contributed by atoms with Gasteiger partial charge in [0.1, 0.15) is 5.82 Å². The lowest BCUT2D eigenvalue weighted by Crippen LogP contribution is -2.39. The predicted molar refractivity (Wildman–Crippen MR) is 83.6 cm³/mol. The maximum absolute atomic E-state index is 13.5. The largest absolute Gasteiger partial charge is 0.371 e. The van der Waals surface area contributed by atoms with Gasteiger partial charge in [0.05, 0.1) is 0 Å². The fourth-order valence-electron chi connectivity index (χ4n) is 3.01. The Morgan fingerprint density at radius 1 is 1.35 bits per heavy atom. The summed E-state index contributed by atoms with van der Waals surface area (Å²) >= 11 is 0. The number of rotatable bonds is 4. The Morgan fingerprint density at radius 2 is 2.00 bits per heavy atom. The highest BCUT2D eigenvalue weighted by Gasteiger charge is 2.29. The van der Waals surface area contributed by atoms with Gasteiger partial charge in [-0.05, 0) is 55.4 Å². The molecule has 2 N–H and O–H groups in total. The number of hydrogen-bond acceptors (Lipinski definition) is 2. The monoisotopic (exact) mass is 278 g/mol. The Balaban J connectivity index is 2.17. The highest BCUT2D eigenvalue weighted by atomic mass is 19.1. The molecule has 1 fully saturated rings. The molecule has 1 atom stereocenters. The second kappa shape index (κ2) is 6.13. The Hall–Kier alpha value is -1.09. The Kier molecular flexibility index (Phi) is 4.69. The van der Waals surface area contributed by atoms with Crippen LogP contribution in [0.5, 0.6) is 0 Å². The first-order valence-electron chi connectivity index (χ1n) is 7.72. The zero-order valence-corrected chi connectivity index (χ0v) is 13.0.